The summed E-state index contributed by atoms with van der Waals surface area (Å²) >= 11 is 0. The summed E-state index contributed by atoms with van der Waals surface area (Å²) in [7, 11) is -1.91. The lowest BCUT2D eigenvalue weighted by Crippen LogP contribution is -2.38. The Labute approximate surface area is 140 Å². The van der Waals surface area contributed by atoms with Gasteiger partial charge < -0.3 is 8.98 Å². The third-order valence-electron chi connectivity index (χ3n) is 4.90. The van der Waals surface area contributed by atoms with E-state index in [0.717, 1.165) is 25.7 Å². The van der Waals surface area contributed by atoms with Crippen LogP contribution in [0.2, 0.25) is 0 Å². The van der Waals surface area contributed by atoms with Crippen LogP contribution in [-0.2, 0) is 17.1 Å². The molecule has 0 spiro atoms. The Kier molecular flexibility index (Phi) is 3.92. The second-order valence-corrected chi connectivity index (χ2v) is 8.45. The van der Waals surface area contributed by atoms with Crippen LogP contribution in [0.4, 0.5) is 0 Å². The predicted octanol–water partition coefficient (Wildman–Crippen LogP) is 1.99. The van der Waals surface area contributed by atoms with Gasteiger partial charge in [-0.3, -0.25) is 0 Å². The first-order valence-corrected chi connectivity index (χ1v) is 9.83. The molecule has 8 nitrogen and oxygen atoms in total. The second-order valence-electron chi connectivity index (χ2n) is 6.61. The number of sulfonamides is 1. The number of imidazole rings is 1. The topological polar surface area (TPSA) is 94.1 Å². The zero-order valence-electron chi connectivity index (χ0n) is 13.6. The molecular weight excluding hydrogens is 330 g/mol. The number of nitrogens with zero attached hydrogens (tertiary/aromatic N) is 5. The number of piperidine rings is 1. The lowest BCUT2D eigenvalue weighted by molar-refractivity contribution is 0.210. The number of hydrogen-bond acceptors (Lipinski definition) is 6. The fraction of sp³-hybridized carbons (Fsp3) is 0.667. The summed E-state index contributed by atoms with van der Waals surface area (Å²) in [5, 5.41) is 8.37. The van der Waals surface area contributed by atoms with Crippen LogP contribution >= 0.6 is 0 Å². The van der Waals surface area contributed by atoms with Crippen molar-refractivity contribution in [2.24, 2.45) is 7.05 Å². The molecule has 2 aliphatic rings. The minimum Gasteiger partial charge on any atom is -0.423 e. The predicted molar refractivity (Wildman–Crippen MR) is 84.6 cm³/mol. The molecule has 1 saturated heterocycles. The molecule has 1 unspecified atom stereocenters. The van der Waals surface area contributed by atoms with Crippen LogP contribution in [0, 0.1) is 0 Å². The van der Waals surface area contributed by atoms with Gasteiger partial charge in [-0.2, -0.15) is 4.31 Å². The van der Waals surface area contributed by atoms with Gasteiger partial charge in [0.15, 0.2) is 5.03 Å². The van der Waals surface area contributed by atoms with Gasteiger partial charge in [-0.25, -0.2) is 13.4 Å². The molecule has 0 N–H and O–H groups in total. The van der Waals surface area contributed by atoms with Gasteiger partial charge >= 0.3 is 0 Å². The molecule has 2 aromatic rings. The van der Waals surface area contributed by atoms with E-state index in [1.807, 2.05) is 0 Å². The van der Waals surface area contributed by atoms with E-state index in [9.17, 15) is 8.42 Å². The summed E-state index contributed by atoms with van der Waals surface area (Å²) in [6, 6.07) is -0.396. The van der Waals surface area contributed by atoms with Crippen molar-refractivity contribution < 1.29 is 12.8 Å². The molecule has 1 aliphatic heterocycles. The summed E-state index contributed by atoms with van der Waals surface area (Å²) in [4.78, 5) is 4.01. The third kappa shape index (κ3) is 2.65. The average Bonchev–Trinajstić information content (AvgIpc) is 3.15. The molecule has 24 heavy (non-hydrogen) atoms. The van der Waals surface area contributed by atoms with Crippen LogP contribution < -0.4 is 0 Å². The monoisotopic (exact) mass is 351 g/mol. The Balaban J connectivity index is 1.64. The minimum atomic E-state index is -3.67. The molecule has 0 radical (unpaired) electrons. The van der Waals surface area contributed by atoms with Gasteiger partial charge in [0.2, 0.25) is 11.8 Å². The van der Waals surface area contributed by atoms with Crippen molar-refractivity contribution in [3.05, 3.63) is 24.3 Å². The van der Waals surface area contributed by atoms with Crippen LogP contribution in [0.15, 0.2) is 22.0 Å². The fourth-order valence-electron chi connectivity index (χ4n) is 3.28. The molecule has 0 amide bonds. The first-order chi connectivity index (χ1) is 11.6. The van der Waals surface area contributed by atoms with Crippen molar-refractivity contribution in [1.82, 2.24) is 24.1 Å². The standard InChI is InChI=1S/C15H21N5O3S/c1-19-9-13(16-10-19)24(21,22)20-8-3-2-7-12(20)15-18-17-14(23-15)11-5-4-6-11/h9-12H,2-8H2,1H3. The highest BCUT2D eigenvalue weighted by Gasteiger charge is 2.39. The highest BCUT2D eigenvalue weighted by atomic mass is 32.2. The molecule has 1 atom stereocenters. The van der Waals surface area contributed by atoms with Crippen molar-refractivity contribution in [3.63, 3.8) is 0 Å². The second kappa shape index (κ2) is 5.96. The zero-order chi connectivity index (χ0) is 16.7. The summed E-state index contributed by atoms with van der Waals surface area (Å²) in [5.41, 5.74) is 0. The van der Waals surface area contributed by atoms with Crippen molar-refractivity contribution in [2.45, 2.75) is 55.5 Å². The number of hydrogen-bond donors (Lipinski definition) is 0. The number of rotatable bonds is 4. The lowest BCUT2D eigenvalue weighted by atomic mass is 9.85. The van der Waals surface area contributed by atoms with Gasteiger partial charge in [0, 0.05) is 25.7 Å². The summed E-state index contributed by atoms with van der Waals surface area (Å²) in [6.07, 6.45) is 8.81. The first kappa shape index (κ1) is 15.8. The van der Waals surface area contributed by atoms with E-state index >= 15 is 0 Å². The van der Waals surface area contributed by atoms with Crippen LogP contribution in [0.3, 0.4) is 0 Å². The SMILES string of the molecule is Cn1cnc(S(=O)(=O)N2CCCCC2c2nnc(C3CCC3)o2)c1. The van der Waals surface area contributed by atoms with Gasteiger partial charge in [0.1, 0.15) is 6.04 Å². The van der Waals surface area contributed by atoms with E-state index in [0.29, 0.717) is 30.7 Å². The first-order valence-electron chi connectivity index (χ1n) is 8.39. The van der Waals surface area contributed by atoms with E-state index in [1.54, 1.807) is 11.6 Å². The van der Waals surface area contributed by atoms with Crippen LogP contribution in [0.1, 0.15) is 62.3 Å². The van der Waals surface area contributed by atoms with Crippen molar-refractivity contribution >= 4 is 10.0 Å². The molecule has 130 valence electrons. The molecule has 0 aromatic carbocycles. The van der Waals surface area contributed by atoms with E-state index in [2.05, 4.69) is 15.2 Å². The van der Waals surface area contributed by atoms with E-state index in [1.165, 1.54) is 23.3 Å². The minimum absolute atomic E-state index is 0.0654. The van der Waals surface area contributed by atoms with Gasteiger partial charge in [0.05, 0.1) is 6.33 Å². The molecule has 9 heteroatoms. The molecule has 2 aromatic heterocycles. The Bertz CT molecular complexity index is 824. The van der Waals surface area contributed by atoms with Gasteiger partial charge in [-0.1, -0.05) is 12.8 Å². The average molecular weight is 351 g/mol. The van der Waals surface area contributed by atoms with E-state index in [-0.39, 0.29) is 5.03 Å². The maximum Gasteiger partial charge on any atom is 0.262 e. The summed E-state index contributed by atoms with van der Waals surface area (Å²) < 4.78 is 34.8. The lowest BCUT2D eigenvalue weighted by Gasteiger charge is -2.31. The fourth-order valence-corrected chi connectivity index (χ4v) is 4.90. The normalized spacial score (nSPS) is 23.3. The Morgan fingerprint density at radius 3 is 2.58 bits per heavy atom. The smallest absolute Gasteiger partial charge is 0.262 e. The molecule has 1 aliphatic carbocycles. The van der Waals surface area contributed by atoms with Gasteiger partial charge in [-0.15, -0.1) is 10.2 Å². The van der Waals surface area contributed by atoms with Gasteiger partial charge in [-0.05, 0) is 25.7 Å². The van der Waals surface area contributed by atoms with Gasteiger partial charge in [0.25, 0.3) is 10.0 Å². The molecule has 0 bridgehead atoms. The third-order valence-corrected chi connectivity index (χ3v) is 6.70. The Hall–Kier alpha value is -1.74. The number of aromatic nitrogens is 4. The highest BCUT2D eigenvalue weighted by molar-refractivity contribution is 7.89. The maximum absolute atomic E-state index is 13.0. The Morgan fingerprint density at radius 2 is 1.92 bits per heavy atom. The summed E-state index contributed by atoms with van der Waals surface area (Å²) in [6.45, 7) is 0.449. The quantitative estimate of drug-likeness (QED) is 0.836. The van der Waals surface area contributed by atoms with Crippen molar-refractivity contribution in [1.29, 1.82) is 0 Å². The van der Waals surface area contributed by atoms with Crippen LogP contribution in [0.25, 0.3) is 0 Å². The van der Waals surface area contributed by atoms with Crippen LogP contribution in [0.5, 0.6) is 0 Å². The van der Waals surface area contributed by atoms with E-state index < -0.39 is 16.1 Å². The van der Waals surface area contributed by atoms with Crippen molar-refractivity contribution in [3.8, 4) is 0 Å². The number of aryl methyl sites for hydroxylation is 1. The molecule has 2 fully saturated rings. The highest BCUT2D eigenvalue weighted by Crippen LogP contribution is 2.38. The largest absolute Gasteiger partial charge is 0.423 e. The summed E-state index contributed by atoms with van der Waals surface area (Å²) in [5.74, 6) is 1.41. The molecule has 1 saturated carbocycles. The molecule has 3 heterocycles. The van der Waals surface area contributed by atoms with E-state index in [4.69, 9.17) is 4.42 Å². The van der Waals surface area contributed by atoms with Crippen molar-refractivity contribution in [2.75, 3.05) is 6.54 Å². The van der Waals surface area contributed by atoms with Crippen LogP contribution in [-0.4, -0.2) is 39.0 Å². The molecular formula is C15H21N5O3S. The zero-order valence-corrected chi connectivity index (χ0v) is 14.4. The maximum atomic E-state index is 13.0. The Morgan fingerprint density at radius 1 is 1.12 bits per heavy atom. The molecule has 4 rings (SSSR count).